The highest BCUT2D eigenvalue weighted by molar-refractivity contribution is 9.11. The maximum absolute atomic E-state index is 13.8. The molecule has 0 amide bonds. The molecule has 0 saturated heterocycles. The van der Waals surface area contributed by atoms with Crippen molar-refractivity contribution in [1.29, 1.82) is 0 Å². The van der Waals surface area contributed by atoms with Gasteiger partial charge in [0.05, 0.1) is 5.56 Å². The molecule has 6 nitrogen and oxygen atoms in total. The summed E-state index contributed by atoms with van der Waals surface area (Å²) in [6.45, 7) is 21.3. The highest BCUT2D eigenvalue weighted by atomic mass is 79.9. The Labute approximate surface area is 266 Å². The van der Waals surface area contributed by atoms with E-state index in [0.29, 0.717) is 54.0 Å². The van der Waals surface area contributed by atoms with Crippen LogP contribution >= 0.6 is 31.9 Å². The Hall–Kier alpha value is -2.41. The van der Waals surface area contributed by atoms with Crippen molar-refractivity contribution in [2.45, 2.75) is 77.8 Å². The van der Waals surface area contributed by atoms with Gasteiger partial charge in [-0.05, 0) is 116 Å². The normalized spacial score (nSPS) is 13.0. The standard InChI is InChI=1S/C32H39Br2NO5Si2/c1-31(2,3)41(7,8)39-24-16-14-21-25(20-13-15-23(36)26(33)28(20)38-29(21)27(24)34)22-17-18(35)11-12-19(22)30(37)40-42(9,10)32(4,5)6/h11-17H,35H2,1-10H3. The van der Waals surface area contributed by atoms with Crippen molar-refractivity contribution in [2.75, 3.05) is 5.73 Å². The van der Waals surface area contributed by atoms with Crippen molar-refractivity contribution < 1.29 is 18.1 Å². The van der Waals surface area contributed by atoms with Crippen LogP contribution in [0.4, 0.5) is 5.69 Å². The van der Waals surface area contributed by atoms with Gasteiger partial charge < -0.3 is 19.0 Å². The van der Waals surface area contributed by atoms with Crippen LogP contribution in [0.5, 0.6) is 5.75 Å². The van der Waals surface area contributed by atoms with E-state index in [-0.39, 0.29) is 15.5 Å². The summed E-state index contributed by atoms with van der Waals surface area (Å²) in [6.07, 6.45) is 0. The van der Waals surface area contributed by atoms with Crippen LogP contribution in [0, 0.1) is 0 Å². The van der Waals surface area contributed by atoms with Crippen molar-refractivity contribution in [3.05, 3.63) is 67.2 Å². The second kappa shape index (κ2) is 10.9. The molecule has 2 aromatic carbocycles. The number of hydrogen-bond acceptors (Lipinski definition) is 6. The van der Waals surface area contributed by atoms with Gasteiger partial charge in [-0.1, -0.05) is 41.5 Å². The molecular formula is C32H39Br2NO5Si2. The lowest BCUT2D eigenvalue weighted by Crippen LogP contribution is -2.43. The fraction of sp³-hybridized carbons (Fsp3) is 0.375. The van der Waals surface area contributed by atoms with Gasteiger partial charge in [-0.3, -0.25) is 4.79 Å². The number of nitrogens with two attached hydrogens (primary N) is 1. The first-order valence-electron chi connectivity index (χ1n) is 13.9. The molecule has 10 heteroatoms. The lowest BCUT2D eigenvalue weighted by molar-refractivity contribution is 0.0713. The number of nitrogen functional groups attached to an aromatic ring is 1. The summed E-state index contributed by atoms with van der Waals surface area (Å²) in [4.78, 5) is 26.6. The van der Waals surface area contributed by atoms with E-state index < -0.39 is 22.6 Å². The zero-order valence-electron chi connectivity index (χ0n) is 25.9. The van der Waals surface area contributed by atoms with Gasteiger partial charge in [0.2, 0.25) is 0 Å². The van der Waals surface area contributed by atoms with Crippen molar-refractivity contribution in [1.82, 2.24) is 0 Å². The van der Waals surface area contributed by atoms with Gasteiger partial charge in [-0.2, -0.15) is 0 Å². The number of carbonyl (C=O) groups excluding carboxylic acids is 1. The largest absolute Gasteiger partial charge is 0.543 e. The number of carbonyl (C=O) groups is 1. The van der Waals surface area contributed by atoms with Crippen LogP contribution in [0.1, 0.15) is 51.9 Å². The first-order chi connectivity index (χ1) is 19.2. The summed E-state index contributed by atoms with van der Waals surface area (Å²) in [5.74, 6) is 0.610. The lowest BCUT2D eigenvalue weighted by atomic mass is 9.90. The Bertz CT molecular complexity index is 1730. The monoisotopic (exact) mass is 731 g/mol. The van der Waals surface area contributed by atoms with E-state index >= 15 is 0 Å². The fourth-order valence-corrected chi connectivity index (χ4v) is 7.09. The molecule has 2 N–H and O–H groups in total. The van der Waals surface area contributed by atoms with Crippen LogP contribution in [0.3, 0.4) is 0 Å². The van der Waals surface area contributed by atoms with Crippen LogP contribution in [0.25, 0.3) is 33.4 Å². The number of anilines is 1. The Kier molecular flexibility index (Phi) is 8.47. The van der Waals surface area contributed by atoms with Gasteiger partial charge in [0.25, 0.3) is 16.6 Å². The van der Waals surface area contributed by atoms with E-state index in [4.69, 9.17) is 19.0 Å². The quantitative estimate of drug-likeness (QED) is 0.125. The van der Waals surface area contributed by atoms with Crippen LogP contribution in [0.15, 0.2) is 60.6 Å². The number of hydrogen-bond donors (Lipinski definition) is 1. The second-order valence-corrected chi connectivity index (χ2v) is 24.8. The molecule has 0 atom stereocenters. The van der Waals surface area contributed by atoms with Gasteiger partial charge >= 0.3 is 5.97 Å². The molecule has 0 spiro atoms. The minimum atomic E-state index is -2.44. The molecule has 0 unspecified atom stereocenters. The van der Waals surface area contributed by atoms with Gasteiger partial charge in [-0.25, -0.2) is 4.79 Å². The summed E-state index contributed by atoms with van der Waals surface area (Å²) in [6, 6.07) is 12.3. The summed E-state index contributed by atoms with van der Waals surface area (Å²) in [7, 11) is -4.63. The Balaban J connectivity index is 2.06. The van der Waals surface area contributed by atoms with Crippen LogP contribution < -0.4 is 15.6 Å². The Morgan fingerprint density at radius 3 is 2.05 bits per heavy atom. The molecule has 0 aromatic heterocycles. The topological polar surface area (TPSA) is 91.8 Å². The van der Waals surface area contributed by atoms with E-state index in [9.17, 15) is 9.59 Å². The first-order valence-corrected chi connectivity index (χ1v) is 21.3. The third kappa shape index (κ3) is 5.87. The highest BCUT2D eigenvalue weighted by Crippen LogP contribution is 2.49. The predicted molar refractivity (Wildman–Crippen MR) is 185 cm³/mol. The summed E-state index contributed by atoms with van der Waals surface area (Å²) < 4.78 is 20.3. The van der Waals surface area contributed by atoms with E-state index in [2.05, 4.69) is 86.5 Å². The molecule has 1 aliphatic heterocycles. The van der Waals surface area contributed by atoms with Crippen molar-refractivity contribution in [2.24, 2.45) is 0 Å². The molecular weight excluding hydrogens is 694 g/mol. The lowest BCUT2D eigenvalue weighted by Gasteiger charge is -2.36. The average Bonchev–Trinajstić information content (AvgIpc) is 2.85. The maximum Gasteiger partial charge on any atom is 0.325 e. The predicted octanol–water partition coefficient (Wildman–Crippen LogP) is 10.2. The van der Waals surface area contributed by atoms with Crippen molar-refractivity contribution in [3.63, 3.8) is 0 Å². The average molecular weight is 734 g/mol. The molecule has 224 valence electrons. The second-order valence-electron chi connectivity index (χ2n) is 13.8. The minimum absolute atomic E-state index is 0.0193. The highest BCUT2D eigenvalue weighted by Gasteiger charge is 2.42. The number of benzene rings is 3. The molecule has 1 heterocycles. The molecule has 0 bridgehead atoms. The summed E-state index contributed by atoms with van der Waals surface area (Å²) in [5, 5.41) is 0.547. The number of halogens is 2. The molecule has 42 heavy (non-hydrogen) atoms. The summed E-state index contributed by atoms with van der Waals surface area (Å²) in [5.41, 5.74) is 9.44. The molecule has 4 rings (SSSR count). The zero-order valence-corrected chi connectivity index (χ0v) is 31.1. The molecule has 0 fully saturated rings. The molecule has 0 saturated carbocycles. The van der Waals surface area contributed by atoms with Crippen LogP contribution in [0.2, 0.25) is 36.3 Å². The number of rotatable bonds is 5. The Morgan fingerprint density at radius 1 is 0.833 bits per heavy atom. The third-order valence-electron chi connectivity index (χ3n) is 8.72. The first kappa shape index (κ1) is 32.5. The molecule has 2 aliphatic rings. The molecule has 2 aromatic rings. The van der Waals surface area contributed by atoms with Gasteiger partial charge in [-0.15, -0.1) is 0 Å². The van der Waals surface area contributed by atoms with Crippen LogP contribution in [-0.2, 0) is 4.43 Å². The van der Waals surface area contributed by atoms with Gasteiger partial charge in [0.15, 0.2) is 16.8 Å². The SMILES string of the molecule is CC(C)(C)[Si](C)(C)OC(=O)c1ccc(N)cc1-c1c2ccc(=O)c(Br)c-2oc2c(Br)c(O[Si](C)(C)C(C)(C)C)ccc12. The van der Waals surface area contributed by atoms with E-state index in [1.807, 2.05) is 25.2 Å². The minimum Gasteiger partial charge on any atom is -0.543 e. The maximum atomic E-state index is 13.8. The van der Waals surface area contributed by atoms with Crippen molar-refractivity contribution in [3.8, 4) is 28.2 Å². The smallest absolute Gasteiger partial charge is 0.325 e. The van der Waals surface area contributed by atoms with E-state index in [1.54, 1.807) is 24.3 Å². The van der Waals surface area contributed by atoms with Crippen LogP contribution in [-0.4, -0.2) is 22.6 Å². The van der Waals surface area contributed by atoms with Crippen molar-refractivity contribution >= 4 is 71.1 Å². The van der Waals surface area contributed by atoms with E-state index in [1.165, 1.54) is 6.07 Å². The third-order valence-corrected chi connectivity index (χ3v) is 18.9. The Morgan fingerprint density at radius 2 is 1.45 bits per heavy atom. The van der Waals surface area contributed by atoms with E-state index in [0.717, 1.165) is 5.39 Å². The zero-order chi connectivity index (χ0) is 31.6. The fourth-order valence-electron chi connectivity index (χ4n) is 4.10. The molecule has 1 aliphatic carbocycles. The molecule has 0 radical (unpaired) electrons. The summed E-state index contributed by atoms with van der Waals surface area (Å²) >= 11 is 7.22. The number of fused-ring (bicyclic) bond motifs is 2. The van der Waals surface area contributed by atoms with Gasteiger partial charge in [0, 0.05) is 22.2 Å². The van der Waals surface area contributed by atoms with Gasteiger partial charge in [0.1, 0.15) is 14.7 Å².